The van der Waals surface area contributed by atoms with E-state index in [1.54, 1.807) is 13.2 Å². The molecular weight excluding hydrogens is 326 g/mol. The highest BCUT2D eigenvalue weighted by Gasteiger charge is 2.20. The Morgan fingerprint density at radius 3 is 2.71 bits per heavy atom. The Morgan fingerprint density at radius 1 is 1.59 bits per heavy atom. The molecule has 98 valence electrons. The van der Waals surface area contributed by atoms with E-state index in [0.29, 0.717) is 17.2 Å². The number of hydrogen-bond donors (Lipinski definition) is 1. The second kappa shape index (κ2) is 6.29. The van der Waals surface area contributed by atoms with Crippen molar-refractivity contribution in [2.45, 2.75) is 30.5 Å². The molecule has 1 aromatic rings. The third-order valence-electron chi connectivity index (χ3n) is 2.21. The Morgan fingerprint density at radius 2 is 2.24 bits per heavy atom. The van der Waals surface area contributed by atoms with Crippen molar-refractivity contribution in [2.75, 3.05) is 13.7 Å². The van der Waals surface area contributed by atoms with E-state index in [9.17, 15) is 8.42 Å². The van der Waals surface area contributed by atoms with Crippen LogP contribution in [-0.2, 0) is 14.8 Å². The number of aryl methyl sites for hydroxylation is 1. The summed E-state index contributed by atoms with van der Waals surface area (Å²) >= 11 is 4.55. The predicted molar refractivity (Wildman–Crippen MR) is 73.0 cm³/mol. The third kappa shape index (κ3) is 4.33. The van der Waals surface area contributed by atoms with E-state index in [-0.39, 0.29) is 6.04 Å². The minimum absolute atomic E-state index is 0.138. The molecule has 4 nitrogen and oxygen atoms in total. The molecule has 0 saturated carbocycles. The summed E-state index contributed by atoms with van der Waals surface area (Å²) in [6.07, 6.45) is 0.654. The van der Waals surface area contributed by atoms with E-state index in [2.05, 4.69) is 20.7 Å². The SMILES string of the molecule is COCCC(C)NS(=O)(=O)c1cc(C)c(Br)s1. The average Bonchev–Trinajstić information content (AvgIpc) is 2.56. The molecule has 0 fully saturated rings. The molecule has 7 heteroatoms. The molecule has 17 heavy (non-hydrogen) atoms. The number of thiophene rings is 1. The van der Waals surface area contributed by atoms with Crippen molar-refractivity contribution >= 4 is 37.3 Å². The molecule has 0 aliphatic rings. The molecule has 0 aliphatic heterocycles. The van der Waals surface area contributed by atoms with Gasteiger partial charge in [-0.05, 0) is 47.8 Å². The average molecular weight is 342 g/mol. The zero-order chi connectivity index (χ0) is 13.1. The topological polar surface area (TPSA) is 55.4 Å². The summed E-state index contributed by atoms with van der Waals surface area (Å²) in [7, 11) is -1.81. The van der Waals surface area contributed by atoms with Crippen LogP contribution in [0, 0.1) is 6.92 Å². The van der Waals surface area contributed by atoms with Crippen LogP contribution in [0.3, 0.4) is 0 Å². The van der Waals surface area contributed by atoms with Crippen LogP contribution in [0.1, 0.15) is 18.9 Å². The molecule has 1 aromatic heterocycles. The number of rotatable bonds is 6. The molecule has 1 rings (SSSR count). The highest BCUT2D eigenvalue weighted by Crippen LogP contribution is 2.30. The standard InChI is InChI=1S/C10H16BrNO3S2/c1-7-6-9(16-10(7)11)17(13,14)12-8(2)4-5-15-3/h6,8,12H,4-5H2,1-3H3. The Labute approximate surface area is 115 Å². The summed E-state index contributed by atoms with van der Waals surface area (Å²) in [5.74, 6) is 0. The van der Waals surface area contributed by atoms with Gasteiger partial charge >= 0.3 is 0 Å². The van der Waals surface area contributed by atoms with E-state index in [0.717, 1.165) is 9.35 Å². The van der Waals surface area contributed by atoms with Crippen molar-refractivity contribution < 1.29 is 13.2 Å². The molecule has 0 aliphatic carbocycles. The number of methoxy groups -OCH3 is 1. The Kier molecular flexibility index (Phi) is 5.59. The number of hydrogen-bond acceptors (Lipinski definition) is 4. The fourth-order valence-electron chi connectivity index (χ4n) is 1.24. The molecule has 1 atom stereocenters. The summed E-state index contributed by atoms with van der Waals surface area (Å²) in [4.78, 5) is 0. The summed E-state index contributed by atoms with van der Waals surface area (Å²) < 4.78 is 32.8. The van der Waals surface area contributed by atoms with Crippen molar-refractivity contribution in [1.29, 1.82) is 0 Å². The highest BCUT2D eigenvalue weighted by atomic mass is 79.9. The lowest BCUT2D eigenvalue weighted by molar-refractivity contribution is 0.188. The zero-order valence-corrected chi connectivity index (χ0v) is 13.2. The van der Waals surface area contributed by atoms with E-state index >= 15 is 0 Å². The number of halogens is 1. The maximum absolute atomic E-state index is 12.0. The molecule has 0 spiro atoms. The molecule has 0 bridgehead atoms. The molecule has 0 aromatic carbocycles. The monoisotopic (exact) mass is 341 g/mol. The lowest BCUT2D eigenvalue weighted by Gasteiger charge is -2.12. The fourth-order valence-corrected chi connectivity index (χ4v) is 4.76. The molecule has 0 saturated heterocycles. The van der Waals surface area contributed by atoms with Gasteiger partial charge in [-0.25, -0.2) is 13.1 Å². The largest absolute Gasteiger partial charge is 0.385 e. The van der Waals surface area contributed by atoms with Crippen LogP contribution in [0.4, 0.5) is 0 Å². The van der Waals surface area contributed by atoms with Gasteiger partial charge in [0.25, 0.3) is 0 Å². The second-order valence-corrected chi connectivity index (χ2v) is 8.14. The summed E-state index contributed by atoms with van der Waals surface area (Å²) in [5.41, 5.74) is 0.930. The first-order valence-corrected chi connectivity index (χ1v) is 8.23. The van der Waals surface area contributed by atoms with Gasteiger partial charge in [0.05, 0.1) is 3.79 Å². The van der Waals surface area contributed by atoms with Crippen LogP contribution in [0.2, 0.25) is 0 Å². The van der Waals surface area contributed by atoms with Gasteiger partial charge in [-0.3, -0.25) is 0 Å². The second-order valence-electron chi connectivity index (χ2n) is 3.83. The quantitative estimate of drug-likeness (QED) is 0.864. The van der Waals surface area contributed by atoms with Crippen LogP contribution in [-0.4, -0.2) is 28.2 Å². The van der Waals surface area contributed by atoms with Gasteiger partial charge in [-0.15, -0.1) is 11.3 Å². The normalized spacial score (nSPS) is 13.9. The van der Waals surface area contributed by atoms with Crippen LogP contribution in [0.5, 0.6) is 0 Å². The minimum Gasteiger partial charge on any atom is -0.385 e. The smallest absolute Gasteiger partial charge is 0.250 e. The number of sulfonamides is 1. The summed E-state index contributed by atoms with van der Waals surface area (Å²) in [5, 5.41) is 0. The Balaban J connectivity index is 2.75. The van der Waals surface area contributed by atoms with Gasteiger partial charge in [0.15, 0.2) is 0 Å². The van der Waals surface area contributed by atoms with E-state index in [1.807, 2.05) is 13.8 Å². The van der Waals surface area contributed by atoms with Crippen molar-refractivity contribution in [3.63, 3.8) is 0 Å². The van der Waals surface area contributed by atoms with Gasteiger partial charge in [0.2, 0.25) is 10.0 Å². The number of ether oxygens (including phenoxy) is 1. The zero-order valence-electron chi connectivity index (χ0n) is 9.99. The van der Waals surface area contributed by atoms with Crippen LogP contribution < -0.4 is 4.72 Å². The molecule has 1 N–H and O–H groups in total. The first-order chi connectivity index (χ1) is 7.86. The Bertz CT molecular complexity index is 450. The van der Waals surface area contributed by atoms with Gasteiger partial charge in [-0.1, -0.05) is 0 Å². The minimum atomic E-state index is -3.41. The predicted octanol–water partition coefficient (Wildman–Crippen LogP) is 2.52. The first kappa shape index (κ1) is 15.1. The van der Waals surface area contributed by atoms with Gasteiger partial charge in [0, 0.05) is 19.8 Å². The maximum atomic E-state index is 12.0. The lowest BCUT2D eigenvalue weighted by atomic mass is 10.3. The molecular formula is C10H16BrNO3S2. The summed E-state index contributed by atoms with van der Waals surface area (Å²) in [6.45, 7) is 4.23. The molecule has 1 heterocycles. The summed E-state index contributed by atoms with van der Waals surface area (Å²) in [6, 6.07) is 1.53. The van der Waals surface area contributed by atoms with Gasteiger partial charge in [-0.2, -0.15) is 0 Å². The third-order valence-corrected chi connectivity index (χ3v) is 6.41. The maximum Gasteiger partial charge on any atom is 0.250 e. The van der Waals surface area contributed by atoms with E-state index in [1.165, 1.54) is 11.3 Å². The van der Waals surface area contributed by atoms with Crippen LogP contribution in [0.25, 0.3) is 0 Å². The van der Waals surface area contributed by atoms with Gasteiger partial charge < -0.3 is 4.74 Å². The van der Waals surface area contributed by atoms with E-state index in [4.69, 9.17) is 4.74 Å². The lowest BCUT2D eigenvalue weighted by Crippen LogP contribution is -2.32. The van der Waals surface area contributed by atoms with Crippen LogP contribution in [0.15, 0.2) is 14.1 Å². The van der Waals surface area contributed by atoms with Crippen LogP contribution >= 0.6 is 27.3 Å². The van der Waals surface area contributed by atoms with Crippen molar-refractivity contribution in [2.24, 2.45) is 0 Å². The molecule has 0 radical (unpaired) electrons. The van der Waals surface area contributed by atoms with Crippen molar-refractivity contribution in [1.82, 2.24) is 4.72 Å². The van der Waals surface area contributed by atoms with Gasteiger partial charge in [0.1, 0.15) is 4.21 Å². The molecule has 1 unspecified atom stereocenters. The highest BCUT2D eigenvalue weighted by molar-refractivity contribution is 9.11. The van der Waals surface area contributed by atoms with Crippen molar-refractivity contribution in [3.8, 4) is 0 Å². The van der Waals surface area contributed by atoms with E-state index < -0.39 is 10.0 Å². The van der Waals surface area contributed by atoms with Crippen molar-refractivity contribution in [3.05, 3.63) is 15.4 Å². The first-order valence-electron chi connectivity index (χ1n) is 5.14. The fraction of sp³-hybridized carbons (Fsp3) is 0.600. The number of nitrogens with one attached hydrogen (secondary N) is 1. The molecule has 0 amide bonds. The Hall–Kier alpha value is 0.0500.